The highest BCUT2D eigenvalue weighted by Crippen LogP contribution is 2.24. The molecule has 2 aromatic heterocycles. The largest absolute Gasteiger partial charge is 0.352 e. The standard InChI is InChI=1S/C23H18FN3O/c24-18-7-5-16(6-8-18)9-14-26-23(28)20-15-22(17-10-12-25-13-11-17)27-21-4-2-1-3-19(20)21/h1-8,10-13,15H,9,14H2,(H,26,28). The third-order valence-corrected chi connectivity index (χ3v) is 4.55. The Kier molecular flexibility index (Phi) is 5.06. The Balaban J connectivity index is 1.59. The Bertz CT molecular complexity index is 1110. The highest BCUT2D eigenvalue weighted by Gasteiger charge is 2.13. The van der Waals surface area contributed by atoms with Gasteiger partial charge in [0.15, 0.2) is 0 Å². The molecule has 4 rings (SSSR count). The van der Waals surface area contributed by atoms with E-state index in [4.69, 9.17) is 0 Å². The fourth-order valence-corrected chi connectivity index (χ4v) is 3.10. The second-order valence-corrected chi connectivity index (χ2v) is 6.44. The van der Waals surface area contributed by atoms with Gasteiger partial charge in [0.25, 0.3) is 5.91 Å². The molecule has 28 heavy (non-hydrogen) atoms. The van der Waals surface area contributed by atoms with Gasteiger partial charge in [-0.05, 0) is 48.4 Å². The molecule has 0 atom stereocenters. The Labute approximate surface area is 162 Å². The summed E-state index contributed by atoms with van der Waals surface area (Å²) >= 11 is 0. The topological polar surface area (TPSA) is 54.9 Å². The third-order valence-electron chi connectivity index (χ3n) is 4.55. The summed E-state index contributed by atoms with van der Waals surface area (Å²) in [7, 11) is 0. The van der Waals surface area contributed by atoms with Crippen LogP contribution in [0.5, 0.6) is 0 Å². The second kappa shape index (κ2) is 7.96. The van der Waals surface area contributed by atoms with Crippen molar-refractivity contribution in [2.75, 3.05) is 6.54 Å². The predicted molar refractivity (Wildman–Crippen MR) is 107 cm³/mol. The average Bonchev–Trinajstić information content (AvgIpc) is 2.75. The summed E-state index contributed by atoms with van der Waals surface area (Å²) in [5, 5.41) is 3.77. The van der Waals surface area contributed by atoms with Gasteiger partial charge in [-0.25, -0.2) is 9.37 Å². The van der Waals surface area contributed by atoms with Gasteiger partial charge in [0.2, 0.25) is 0 Å². The zero-order valence-corrected chi connectivity index (χ0v) is 15.1. The van der Waals surface area contributed by atoms with Gasteiger partial charge in [0, 0.05) is 29.9 Å². The summed E-state index contributed by atoms with van der Waals surface area (Å²) < 4.78 is 13.0. The molecule has 0 aliphatic heterocycles. The zero-order chi connectivity index (χ0) is 19.3. The summed E-state index contributed by atoms with van der Waals surface area (Å²) in [6.45, 7) is 0.464. The number of nitrogens with one attached hydrogen (secondary N) is 1. The molecule has 0 aliphatic rings. The summed E-state index contributed by atoms with van der Waals surface area (Å²) in [6, 6.07) is 19.4. The fraction of sp³-hybridized carbons (Fsp3) is 0.0870. The lowest BCUT2D eigenvalue weighted by Crippen LogP contribution is -2.26. The molecule has 4 aromatic rings. The first-order chi connectivity index (χ1) is 13.7. The van der Waals surface area contributed by atoms with E-state index in [-0.39, 0.29) is 11.7 Å². The van der Waals surface area contributed by atoms with E-state index in [1.165, 1.54) is 12.1 Å². The van der Waals surface area contributed by atoms with Crippen LogP contribution in [0.2, 0.25) is 0 Å². The number of para-hydroxylation sites is 1. The summed E-state index contributed by atoms with van der Waals surface area (Å²) in [5.41, 5.74) is 3.95. The number of carbonyl (C=O) groups is 1. The minimum Gasteiger partial charge on any atom is -0.352 e. The molecule has 0 spiro atoms. The van der Waals surface area contributed by atoms with Crippen LogP contribution in [0.3, 0.4) is 0 Å². The van der Waals surface area contributed by atoms with Gasteiger partial charge < -0.3 is 5.32 Å². The van der Waals surface area contributed by atoms with Crippen molar-refractivity contribution in [3.05, 3.63) is 96.1 Å². The smallest absolute Gasteiger partial charge is 0.252 e. The van der Waals surface area contributed by atoms with Crippen molar-refractivity contribution in [1.29, 1.82) is 0 Å². The van der Waals surface area contributed by atoms with E-state index < -0.39 is 0 Å². The normalized spacial score (nSPS) is 10.8. The van der Waals surface area contributed by atoms with Gasteiger partial charge in [0.05, 0.1) is 16.8 Å². The number of benzene rings is 2. The van der Waals surface area contributed by atoms with Crippen molar-refractivity contribution in [3.63, 3.8) is 0 Å². The van der Waals surface area contributed by atoms with Crippen molar-refractivity contribution in [2.45, 2.75) is 6.42 Å². The van der Waals surface area contributed by atoms with Gasteiger partial charge >= 0.3 is 0 Å². The van der Waals surface area contributed by atoms with Gasteiger partial charge in [-0.3, -0.25) is 9.78 Å². The second-order valence-electron chi connectivity index (χ2n) is 6.44. The van der Waals surface area contributed by atoms with E-state index in [2.05, 4.69) is 15.3 Å². The number of amides is 1. The predicted octanol–water partition coefficient (Wildman–Crippen LogP) is 4.41. The molecule has 0 saturated carbocycles. The molecule has 0 fully saturated rings. The molecule has 0 radical (unpaired) electrons. The van der Waals surface area contributed by atoms with Gasteiger partial charge in [-0.15, -0.1) is 0 Å². The Morgan fingerprint density at radius 3 is 2.50 bits per heavy atom. The molecule has 0 saturated heterocycles. The van der Waals surface area contributed by atoms with E-state index in [0.29, 0.717) is 18.5 Å². The molecular formula is C23H18FN3O. The summed E-state index contributed by atoms with van der Waals surface area (Å²) in [4.78, 5) is 21.6. The minimum atomic E-state index is -0.264. The van der Waals surface area contributed by atoms with Gasteiger partial charge in [-0.1, -0.05) is 30.3 Å². The highest BCUT2D eigenvalue weighted by atomic mass is 19.1. The maximum atomic E-state index is 13.0. The van der Waals surface area contributed by atoms with Crippen molar-refractivity contribution in [3.8, 4) is 11.3 Å². The SMILES string of the molecule is O=C(NCCc1ccc(F)cc1)c1cc(-c2ccncc2)nc2ccccc12. The first kappa shape index (κ1) is 17.8. The van der Waals surface area contributed by atoms with Crippen LogP contribution in [0.25, 0.3) is 22.2 Å². The van der Waals surface area contributed by atoms with Gasteiger partial charge in [-0.2, -0.15) is 0 Å². The molecule has 1 amide bonds. The van der Waals surface area contributed by atoms with E-state index in [1.807, 2.05) is 42.5 Å². The molecule has 1 N–H and O–H groups in total. The quantitative estimate of drug-likeness (QED) is 0.565. The number of aromatic nitrogens is 2. The first-order valence-electron chi connectivity index (χ1n) is 9.03. The number of fused-ring (bicyclic) bond motifs is 1. The summed E-state index contributed by atoms with van der Waals surface area (Å²) in [5.74, 6) is -0.421. The molecule has 2 aromatic carbocycles. The molecular weight excluding hydrogens is 353 g/mol. The molecule has 0 unspecified atom stereocenters. The Morgan fingerprint density at radius 1 is 0.964 bits per heavy atom. The lowest BCUT2D eigenvalue weighted by molar-refractivity contribution is 0.0955. The fourth-order valence-electron chi connectivity index (χ4n) is 3.10. The van der Waals surface area contributed by atoms with E-state index in [0.717, 1.165) is 27.7 Å². The van der Waals surface area contributed by atoms with Crippen molar-refractivity contribution in [2.24, 2.45) is 0 Å². The van der Waals surface area contributed by atoms with Crippen LogP contribution in [-0.2, 0) is 6.42 Å². The number of hydrogen-bond acceptors (Lipinski definition) is 3. The van der Waals surface area contributed by atoms with E-state index in [1.54, 1.807) is 24.5 Å². The highest BCUT2D eigenvalue weighted by molar-refractivity contribution is 6.07. The van der Waals surface area contributed by atoms with Crippen LogP contribution in [-0.4, -0.2) is 22.4 Å². The molecule has 5 heteroatoms. The van der Waals surface area contributed by atoms with Crippen molar-refractivity contribution < 1.29 is 9.18 Å². The third kappa shape index (κ3) is 3.88. The van der Waals surface area contributed by atoms with Crippen LogP contribution in [0.1, 0.15) is 15.9 Å². The van der Waals surface area contributed by atoms with Crippen LogP contribution < -0.4 is 5.32 Å². The Morgan fingerprint density at radius 2 is 1.71 bits per heavy atom. The molecule has 4 nitrogen and oxygen atoms in total. The van der Waals surface area contributed by atoms with Crippen LogP contribution in [0.15, 0.2) is 79.1 Å². The van der Waals surface area contributed by atoms with Gasteiger partial charge in [0.1, 0.15) is 5.82 Å². The maximum absolute atomic E-state index is 13.0. The number of carbonyl (C=O) groups excluding carboxylic acids is 1. The number of rotatable bonds is 5. The van der Waals surface area contributed by atoms with Crippen LogP contribution in [0, 0.1) is 5.82 Å². The molecule has 138 valence electrons. The summed E-state index contributed by atoms with van der Waals surface area (Å²) in [6.07, 6.45) is 4.04. The lowest BCUT2D eigenvalue weighted by atomic mass is 10.0. The van der Waals surface area contributed by atoms with E-state index in [9.17, 15) is 9.18 Å². The van der Waals surface area contributed by atoms with Crippen LogP contribution >= 0.6 is 0 Å². The monoisotopic (exact) mass is 371 g/mol. The van der Waals surface area contributed by atoms with Crippen molar-refractivity contribution in [1.82, 2.24) is 15.3 Å². The minimum absolute atomic E-state index is 0.156. The van der Waals surface area contributed by atoms with Crippen molar-refractivity contribution >= 4 is 16.8 Å². The lowest BCUT2D eigenvalue weighted by Gasteiger charge is -2.11. The number of halogens is 1. The molecule has 2 heterocycles. The van der Waals surface area contributed by atoms with E-state index >= 15 is 0 Å². The zero-order valence-electron chi connectivity index (χ0n) is 15.1. The number of hydrogen-bond donors (Lipinski definition) is 1. The molecule has 0 bridgehead atoms. The molecule has 0 aliphatic carbocycles. The Hall–Kier alpha value is -3.60. The average molecular weight is 371 g/mol. The number of pyridine rings is 2. The number of nitrogens with zero attached hydrogens (tertiary/aromatic N) is 2. The first-order valence-corrected chi connectivity index (χ1v) is 9.03. The maximum Gasteiger partial charge on any atom is 0.252 e. The van der Waals surface area contributed by atoms with Crippen LogP contribution in [0.4, 0.5) is 4.39 Å².